The number of hydrogen-bond donors (Lipinski definition) is 0. The van der Waals surface area contributed by atoms with Crippen LogP contribution in [0.5, 0.6) is 0 Å². The van der Waals surface area contributed by atoms with Crippen molar-refractivity contribution in [2.75, 3.05) is 18.0 Å². The van der Waals surface area contributed by atoms with Crippen LogP contribution in [0.3, 0.4) is 0 Å². The van der Waals surface area contributed by atoms with Crippen molar-refractivity contribution in [3.05, 3.63) is 132 Å². The van der Waals surface area contributed by atoms with E-state index in [0.717, 1.165) is 48.2 Å². The summed E-state index contributed by atoms with van der Waals surface area (Å²) in [7, 11) is -2.98. The van der Waals surface area contributed by atoms with E-state index in [9.17, 15) is 0 Å². The first-order chi connectivity index (χ1) is 23.3. The normalized spacial score (nSPS) is 21.4. The van der Waals surface area contributed by atoms with Gasteiger partial charge in [-0.2, -0.15) is 10.4 Å². The second kappa shape index (κ2) is 13.9. The average Bonchev–Trinajstić information content (AvgIpc) is 3.38. The lowest BCUT2D eigenvalue weighted by Gasteiger charge is -2.57. The summed E-state index contributed by atoms with van der Waals surface area (Å²) in [6.07, 6.45) is 1.13. The number of benzene rings is 4. The standard InChI is InChI=1S/C42H47FN2O2Si/c1-42(2,3)48(35-16-9-5-10-17-35,36-18-11-6-12-19-36)47-41-34(29-38(40(41)43)46-30-32-14-7-4-8-15-32)23-21-31-20-22-33-24-25-39(44-37(33)28-31)45-26-13-27-45/h4-12,14-20,22,24-25,28,34,38,40-41H,13,21,23,26-27,29-30H2,1-3H3/q-1/t34-,38-,40+,41+/m0/s1. The Morgan fingerprint density at radius 2 is 1.42 bits per heavy atom. The number of hydrogen-bond acceptors (Lipinski definition) is 4. The molecule has 1 aliphatic carbocycles. The van der Waals surface area contributed by atoms with Crippen LogP contribution in [0, 0.1) is 5.92 Å². The molecular formula is C42H47FN2O2Si-. The van der Waals surface area contributed by atoms with Crippen LogP contribution in [0.25, 0.3) is 10.9 Å². The number of rotatable bonds is 11. The summed E-state index contributed by atoms with van der Waals surface area (Å²) in [5.74, 6) is 1.05. The first-order valence-corrected chi connectivity index (χ1v) is 19.5. The fourth-order valence-electron chi connectivity index (χ4n) is 7.69. The molecule has 2 heterocycles. The van der Waals surface area contributed by atoms with E-state index in [0.29, 0.717) is 13.0 Å². The quantitative estimate of drug-likeness (QED) is 0.134. The van der Waals surface area contributed by atoms with E-state index >= 15 is 4.39 Å². The van der Waals surface area contributed by atoms with Crippen LogP contribution in [0.2, 0.25) is 5.04 Å². The summed E-state index contributed by atoms with van der Waals surface area (Å²) >= 11 is 0. The zero-order chi connectivity index (χ0) is 33.1. The van der Waals surface area contributed by atoms with Gasteiger partial charge in [-0.3, -0.25) is 0 Å². The molecule has 6 heteroatoms. The molecule has 4 nitrogen and oxygen atoms in total. The topological polar surface area (TPSA) is 34.6 Å². The number of ether oxygens (including phenoxy) is 1. The van der Waals surface area contributed by atoms with Crippen molar-refractivity contribution in [3.8, 4) is 0 Å². The number of nitrogens with zero attached hydrogens (tertiary/aromatic N) is 2. The highest BCUT2D eigenvalue weighted by molar-refractivity contribution is 6.99. The molecule has 2 aliphatic rings. The molecule has 4 aromatic carbocycles. The zero-order valence-electron chi connectivity index (χ0n) is 28.4. The number of pyridine rings is 1. The van der Waals surface area contributed by atoms with Gasteiger partial charge in [0.15, 0.2) is 0 Å². The minimum atomic E-state index is -2.98. The minimum Gasteiger partial charge on any atom is -0.553 e. The number of alkyl halides is 1. The summed E-state index contributed by atoms with van der Waals surface area (Å²) in [4.78, 5) is 7.33. The first-order valence-electron chi connectivity index (χ1n) is 17.5. The lowest BCUT2D eigenvalue weighted by atomic mass is 9.96. The van der Waals surface area contributed by atoms with Gasteiger partial charge in [-0.15, -0.1) is 5.04 Å². The van der Waals surface area contributed by atoms with Crippen LogP contribution < -0.4 is 15.3 Å². The van der Waals surface area contributed by atoms with Crippen molar-refractivity contribution in [3.63, 3.8) is 0 Å². The van der Waals surface area contributed by atoms with E-state index in [1.165, 1.54) is 22.4 Å². The van der Waals surface area contributed by atoms with E-state index in [2.05, 4.69) is 105 Å². The Balaban J connectivity index is 1.20. The van der Waals surface area contributed by atoms with Crippen LogP contribution in [0.1, 0.15) is 51.2 Å². The molecule has 0 N–H and O–H groups in total. The predicted molar refractivity (Wildman–Crippen MR) is 197 cm³/mol. The Labute approximate surface area is 286 Å². The van der Waals surface area contributed by atoms with Crippen molar-refractivity contribution >= 4 is 35.4 Å². The largest absolute Gasteiger partial charge is 0.553 e. The molecule has 7 rings (SSSR count). The molecule has 1 aliphatic heterocycles. The average molecular weight is 659 g/mol. The number of aryl methyl sites for hydroxylation is 1. The molecule has 2 fully saturated rings. The highest BCUT2D eigenvalue weighted by Gasteiger charge is 2.48. The second-order valence-electron chi connectivity index (χ2n) is 14.6. The van der Waals surface area contributed by atoms with Crippen LogP contribution in [0.15, 0.2) is 121 Å². The fraction of sp³-hybridized carbons (Fsp3) is 0.357. The molecule has 5 aromatic rings. The van der Waals surface area contributed by atoms with Crippen molar-refractivity contribution in [2.24, 2.45) is 5.92 Å². The van der Waals surface area contributed by atoms with Gasteiger partial charge in [0.05, 0.1) is 32.6 Å². The van der Waals surface area contributed by atoms with Crippen LogP contribution in [-0.2, 0) is 22.2 Å². The van der Waals surface area contributed by atoms with Gasteiger partial charge < -0.3 is 14.1 Å². The highest BCUT2D eigenvalue weighted by atomic mass is 28.4. The lowest BCUT2D eigenvalue weighted by Crippen LogP contribution is -2.68. The SMILES string of the molecule is CC(C)(C)[Si-](O[C@@H]1[C@@H](CCc2ccc3ccc(N4CCC4)nc3c2)C[C@H](OCc2ccccc2)[C@H]1F)(c1ccccc1)c1ccccc1. The smallest absolute Gasteiger partial charge is 0.149 e. The summed E-state index contributed by atoms with van der Waals surface area (Å²) in [6.45, 7) is 9.32. The van der Waals surface area contributed by atoms with Gasteiger partial charge in [-0.05, 0) is 60.9 Å². The van der Waals surface area contributed by atoms with Gasteiger partial charge in [0, 0.05) is 18.5 Å². The predicted octanol–water partition coefficient (Wildman–Crippen LogP) is 8.27. The third kappa shape index (κ3) is 6.58. The van der Waals surface area contributed by atoms with Crippen molar-refractivity contribution in [2.45, 2.75) is 76.5 Å². The molecule has 48 heavy (non-hydrogen) atoms. The Kier molecular flexibility index (Phi) is 9.50. The molecule has 0 spiro atoms. The molecular weight excluding hydrogens is 612 g/mol. The highest BCUT2D eigenvalue weighted by Crippen LogP contribution is 2.44. The second-order valence-corrected chi connectivity index (χ2v) is 18.8. The molecule has 1 aromatic heterocycles. The Morgan fingerprint density at radius 3 is 2.02 bits per heavy atom. The van der Waals surface area contributed by atoms with E-state index < -0.39 is 26.7 Å². The molecule has 249 valence electrons. The Morgan fingerprint density at radius 1 is 0.792 bits per heavy atom. The molecule has 4 atom stereocenters. The van der Waals surface area contributed by atoms with E-state index in [4.69, 9.17) is 14.1 Å². The Bertz CT molecular complexity index is 1750. The van der Waals surface area contributed by atoms with Gasteiger partial charge in [0.2, 0.25) is 0 Å². The van der Waals surface area contributed by atoms with Gasteiger partial charge in [-0.25, -0.2) is 9.37 Å². The van der Waals surface area contributed by atoms with Gasteiger partial charge in [0.25, 0.3) is 0 Å². The molecule has 0 unspecified atom stereocenters. The van der Waals surface area contributed by atoms with Gasteiger partial charge in [0.1, 0.15) is 12.0 Å². The zero-order valence-corrected chi connectivity index (χ0v) is 29.4. The number of halogens is 1. The molecule has 0 bridgehead atoms. The number of aromatic nitrogens is 1. The van der Waals surface area contributed by atoms with E-state index in [1.807, 2.05) is 42.5 Å². The molecule has 0 amide bonds. The van der Waals surface area contributed by atoms with Crippen molar-refractivity contribution in [1.82, 2.24) is 4.98 Å². The third-order valence-electron chi connectivity index (χ3n) is 10.4. The molecule has 0 radical (unpaired) electrons. The maximum atomic E-state index is 17.0. The first kappa shape index (κ1) is 32.7. The maximum Gasteiger partial charge on any atom is 0.149 e. The van der Waals surface area contributed by atoms with Crippen LogP contribution in [0.4, 0.5) is 10.2 Å². The third-order valence-corrected chi connectivity index (χ3v) is 15.5. The summed E-state index contributed by atoms with van der Waals surface area (Å²) in [6, 6.07) is 42.1. The maximum absolute atomic E-state index is 17.0. The Hall–Kier alpha value is -3.84. The van der Waals surface area contributed by atoms with E-state index in [1.54, 1.807) is 0 Å². The monoisotopic (exact) mass is 658 g/mol. The fourth-order valence-corrected chi connectivity index (χ4v) is 12.4. The van der Waals surface area contributed by atoms with Crippen LogP contribution >= 0.6 is 0 Å². The minimum absolute atomic E-state index is 0.00139. The van der Waals surface area contributed by atoms with Gasteiger partial charge in [-0.1, -0.05) is 124 Å². The molecule has 1 saturated heterocycles. The summed E-state index contributed by atoms with van der Waals surface area (Å²) < 4.78 is 30.9. The number of anilines is 1. The summed E-state index contributed by atoms with van der Waals surface area (Å²) in [5.41, 5.74) is 3.30. The van der Waals surface area contributed by atoms with Crippen LogP contribution in [-0.4, -0.2) is 44.8 Å². The van der Waals surface area contributed by atoms with Crippen molar-refractivity contribution in [1.29, 1.82) is 0 Å². The van der Waals surface area contributed by atoms with E-state index in [-0.39, 0.29) is 11.0 Å². The van der Waals surface area contributed by atoms with Crippen molar-refractivity contribution < 1.29 is 13.6 Å². The summed E-state index contributed by atoms with van der Waals surface area (Å²) in [5, 5.41) is 3.24. The molecule has 1 saturated carbocycles. The number of fused-ring (bicyclic) bond motifs is 1. The van der Waals surface area contributed by atoms with Gasteiger partial charge >= 0.3 is 0 Å². The lowest BCUT2D eigenvalue weighted by molar-refractivity contribution is -0.0200.